The molecule has 1 saturated heterocycles. The van der Waals surface area contributed by atoms with Gasteiger partial charge in [0.2, 0.25) is 0 Å². The molecule has 1 aliphatic heterocycles. The van der Waals surface area contributed by atoms with Gasteiger partial charge in [0, 0.05) is 31.5 Å². The van der Waals surface area contributed by atoms with E-state index in [-0.39, 0.29) is 17.5 Å². The summed E-state index contributed by atoms with van der Waals surface area (Å²) in [5.74, 6) is -0.624. The summed E-state index contributed by atoms with van der Waals surface area (Å²) in [6, 6.07) is 0.0162. The molecule has 0 aromatic carbocycles. The van der Waals surface area contributed by atoms with Crippen molar-refractivity contribution in [2.45, 2.75) is 45.7 Å². The predicted molar refractivity (Wildman–Crippen MR) is 76.0 cm³/mol. The van der Waals surface area contributed by atoms with Crippen molar-refractivity contribution < 1.29 is 9.90 Å². The summed E-state index contributed by atoms with van der Waals surface area (Å²) >= 11 is 0. The Morgan fingerprint density at radius 3 is 2.90 bits per heavy atom. The van der Waals surface area contributed by atoms with Crippen molar-refractivity contribution in [2.24, 2.45) is 5.92 Å². The Morgan fingerprint density at radius 1 is 1.55 bits per heavy atom. The Labute approximate surface area is 118 Å². The van der Waals surface area contributed by atoms with Crippen LogP contribution in [-0.4, -0.2) is 33.2 Å². The molecule has 6 nitrogen and oxygen atoms in total. The van der Waals surface area contributed by atoms with Gasteiger partial charge < -0.3 is 14.6 Å². The lowest BCUT2D eigenvalue weighted by Gasteiger charge is -2.36. The lowest BCUT2D eigenvalue weighted by atomic mass is 9.92. The van der Waals surface area contributed by atoms with Crippen molar-refractivity contribution in [3.8, 4) is 0 Å². The van der Waals surface area contributed by atoms with Gasteiger partial charge in [-0.1, -0.05) is 6.92 Å². The van der Waals surface area contributed by atoms with Crippen LogP contribution in [0.3, 0.4) is 0 Å². The number of aromatic nitrogens is 2. The molecule has 0 radical (unpaired) electrons. The lowest BCUT2D eigenvalue weighted by Crippen LogP contribution is -2.46. The zero-order chi connectivity index (χ0) is 14.7. The highest BCUT2D eigenvalue weighted by Gasteiger charge is 2.31. The summed E-state index contributed by atoms with van der Waals surface area (Å²) in [6.07, 6.45) is 5.34. The smallest absolute Gasteiger partial charge is 0.306 e. The minimum Gasteiger partial charge on any atom is -0.481 e. The Balaban J connectivity index is 2.23. The van der Waals surface area contributed by atoms with E-state index in [2.05, 4.69) is 4.98 Å². The van der Waals surface area contributed by atoms with Gasteiger partial charge in [-0.2, -0.15) is 0 Å². The van der Waals surface area contributed by atoms with Crippen molar-refractivity contribution >= 4 is 11.8 Å². The quantitative estimate of drug-likeness (QED) is 0.900. The monoisotopic (exact) mass is 279 g/mol. The number of rotatable bonds is 4. The molecule has 0 amide bonds. The van der Waals surface area contributed by atoms with Crippen LogP contribution < -0.4 is 10.5 Å². The molecule has 110 valence electrons. The van der Waals surface area contributed by atoms with E-state index in [0.29, 0.717) is 31.7 Å². The lowest BCUT2D eigenvalue weighted by molar-refractivity contribution is -0.142. The Hall–Kier alpha value is -1.85. The molecule has 0 saturated carbocycles. The van der Waals surface area contributed by atoms with Crippen LogP contribution >= 0.6 is 0 Å². The molecule has 1 aliphatic rings. The highest BCUT2D eigenvalue weighted by molar-refractivity contribution is 5.70. The maximum Gasteiger partial charge on any atom is 0.306 e. The third-order valence-electron chi connectivity index (χ3n) is 3.86. The van der Waals surface area contributed by atoms with Gasteiger partial charge in [-0.3, -0.25) is 9.59 Å². The van der Waals surface area contributed by atoms with Crippen LogP contribution in [0.4, 0.5) is 5.82 Å². The first-order valence-corrected chi connectivity index (χ1v) is 7.09. The Morgan fingerprint density at radius 2 is 2.30 bits per heavy atom. The number of hydrogen-bond acceptors (Lipinski definition) is 4. The van der Waals surface area contributed by atoms with Gasteiger partial charge in [0.15, 0.2) is 5.82 Å². The van der Waals surface area contributed by atoms with Gasteiger partial charge in [0.05, 0.1) is 5.92 Å². The van der Waals surface area contributed by atoms with E-state index in [9.17, 15) is 9.59 Å². The first kappa shape index (κ1) is 14.6. The van der Waals surface area contributed by atoms with Crippen LogP contribution in [-0.2, 0) is 11.3 Å². The molecule has 2 atom stereocenters. The van der Waals surface area contributed by atoms with Crippen LogP contribution in [0.25, 0.3) is 0 Å². The van der Waals surface area contributed by atoms with Crippen LogP contribution in [0.1, 0.15) is 33.1 Å². The van der Waals surface area contributed by atoms with E-state index < -0.39 is 5.97 Å². The van der Waals surface area contributed by atoms with Crippen molar-refractivity contribution in [1.82, 2.24) is 9.55 Å². The summed E-state index contributed by atoms with van der Waals surface area (Å²) in [5.41, 5.74) is -0.0880. The average molecular weight is 279 g/mol. The van der Waals surface area contributed by atoms with Crippen LogP contribution in [0, 0.1) is 5.92 Å². The molecule has 1 aromatic heterocycles. The van der Waals surface area contributed by atoms with Crippen molar-refractivity contribution in [3.63, 3.8) is 0 Å². The summed E-state index contributed by atoms with van der Waals surface area (Å²) in [6.45, 7) is 5.21. The third-order valence-corrected chi connectivity index (χ3v) is 3.86. The average Bonchev–Trinajstić information content (AvgIpc) is 2.42. The molecular formula is C14H21N3O3. The second-order valence-corrected chi connectivity index (χ2v) is 5.35. The highest BCUT2D eigenvalue weighted by atomic mass is 16.4. The minimum atomic E-state index is -0.749. The van der Waals surface area contributed by atoms with Crippen LogP contribution in [0.2, 0.25) is 0 Å². The number of hydrogen-bond donors (Lipinski definition) is 1. The first-order valence-electron chi connectivity index (χ1n) is 7.09. The van der Waals surface area contributed by atoms with E-state index in [4.69, 9.17) is 5.11 Å². The number of aryl methyl sites for hydroxylation is 1. The zero-order valence-electron chi connectivity index (χ0n) is 12.0. The Bertz CT molecular complexity index is 541. The van der Waals surface area contributed by atoms with Crippen molar-refractivity contribution in [3.05, 3.63) is 22.7 Å². The molecule has 1 N–H and O–H groups in total. The number of carboxylic acid groups (broad SMARTS) is 1. The molecular weight excluding hydrogens is 258 g/mol. The second kappa shape index (κ2) is 6.07. The normalized spacial score (nSPS) is 22.8. The molecule has 6 heteroatoms. The first-order chi connectivity index (χ1) is 9.54. The second-order valence-electron chi connectivity index (χ2n) is 5.35. The number of anilines is 1. The molecule has 0 bridgehead atoms. The van der Waals surface area contributed by atoms with Gasteiger partial charge in [0.1, 0.15) is 0 Å². The number of aliphatic carboxylic acids is 1. The maximum atomic E-state index is 12.4. The fourth-order valence-electron chi connectivity index (χ4n) is 2.76. The van der Waals surface area contributed by atoms with Gasteiger partial charge in [-0.15, -0.1) is 0 Å². The Kier molecular flexibility index (Phi) is 4.42. The molecule has 20 heavy (non-hydrogen) atoms. The maximum absolute atomic E-state index is 12.4. The predicted octanol–water partition coefficient (Wildman–Crippen LogP) is 1.34. The van der Waals surface area contributed by atoms with Crippen molar-refractivity contribution in [2.75, 3.05) is 11.4 Å². The molecule has 1 fully saturated rings. The van der Waals surface area contributed by atoms with E-state index in [0.717, 1.165) is 6.42 Å². The summed E-state index contributed by atoms with van der Waals surface area (Å²) in [4.78, 5) is 29.6. The number of piperidine rings is 1. The van der Waals surface area contributed by atoms with E-state index in [1.807, 2.05) is 18.7 Å². The summed E-state index contributed by atoms with van der Waals surface area (Å²) < 4.78 is 1.67. The fraction of sp³-hybridized carbons (Fsp3) is 0.643. The van der Waals surface area contributed by atoms with Crippen LogP contribution in [0.15, 0.2) is 17.2 Å². The SMILES string of the molecule is CCCn1ccnc(N2CCC(C(=O)O)CC2C)c1=O. The van der Waals surface area contributed by atoms with Gasteiger partial charge >= 0.3 is 5.97 Å². The van der Waals surface area contributed by atoms with Gasteiger partial charge in [-0.25, -0.2) is 4.98 Å². The highest BCUT2D eigenvalue weighted by Crippen LogP contribution is 2.25. The molecule has 2 unspecified atom stereocenters. The van der Waals surface area contributed by atoms with Crippen molar-refractivity contribution in [1.29, 1.82) is 0 Å². The largest absolute Gasteiger partial charge is 0.481 e. The molecule has 0 aliphatic carbocycles. The van der Waals surface area contributed by atoms with Gasteiger partial charge in [-0.05, 0) is 26.2 Å². The summed E-state index contributed by atoms with van der Waals surface area (Å²) in [7, 11) is 0. The van der Waals surface area contributed by atoms with Gasteiger partial charge in [0.25, 0.3) is 5.56 Å². The van der Waals surface area contributed by atoms with E-state index >= 15 is 0 Å². The van der Waals surface area contributed by atoms with Crippen LogP contribution in [0.5, 0.6) is 0 Å². The summed E-state index contributed by atoms with van der Waals surface area (Å²) in [5, 5.41) is 9.08. The van der Waals surface area contributed by atoms with E-state index in [1.54, 1.807) is 17.0 Å². The number of carboxylic acids is 1. The molecule has 1 aromatic rings. The third kappa shape index (κ3) is 2.84. The minimum absolute atomic E-state index is 0.0162. The standard InChI is InChI=1S/C14H21N3O3/c1-3-6-16-8-5-15-12(13(16)18)17-7-4-11(14(19)20)9-10(17)2/h5,8,10-11H,3-4,6-7,9H2,1-2H3,(H,19,20). The van der Waals surface area contributed by atoms with E-state index in [1.165, 1.54) is 0 Å². The molecule has 0 spiro atoms. The zero-order valence-corrected chi connectivity index (χ0v) is 12.0. The molecule has 2 heterocycles. The number of carbonyl (C=O) groups is 1. The topological polar surface area (TPSA) is 75.4 Å². The fourth-order valence-corrected chi connectivity index (χ4v) is 2.76. The molecule has 2 rings (SSSR count). The number of nitrogens with zero attached hydrogens (tertiary/aromatic N) is 3.